The molecule has 0 heterocycles. The summed E-state index contributed by atoms with van der Waals surface area (Å²) < 4.78 is 5.73. The topological polar surface area (TPSA) is 62.1 Å². The van der Waals surface area contributed by atoms with Crippen LogP contribution in [-0.2, 0) is 11.4 Å². The molecule has 3 rings (SSSR count). The van der Waals surface area contributed by atoms with Crippen molar-refractivity contribution in [3.63, 3.8) is 0 Å². The van der Waals surface area contributed by atoms with Gasteiger partial charge in [0, 0.05) is 21.3 Å². The first-order chi connectivity index (χ1) is 14.1. The van der Waals surface area contributed by atoms with Crippen LogP contribution < -0.4 is 10.1 Å². The predicted molar refractivity (Wildman–Crippen MR) is 116 cm³/mol. The van der Waals surface area contributed by atoms with E-state index in [0.29, 0.717) is 32.6 Å². The zero-order chi connectivity index (χ0) is 20.6. The van der Waals surface area contributed by atoms with Crippen LogP contribution in [0.5, 0.6) is 5.75 Å². The lowest BCUT2D eigenvalue weighted by Crippen LogP contribution is -2.13. The lowest BCUT2D eigenvalue weighted by Gasteiger charge is -2.09. The molecule has 0 aromatic heterocycles. The maximum absolute atomic E-state index is 12.3. The Balaban J connectivity index is 1.67. The number of carbonyl (C=O) groups is 1. The minimum atomic E-state index is -0.465. The zero-order valence-electron chi connectivity index (χ0n) is 15.2. The molecule has 0 saturated heterocycles. The van der Waals surface area contributed by atoms with Gasteiger partial charge in [-0.1, -0.05) is 59.6 Å². The minimum Gasteiger partial charge on any atom is -0.489 e. The number of anilines is 1. The van der Waals surface area contributed by atoms with Gasteiger partial charge in [0.15, 0.2) is 0 Å². The van der Waals surface area contributed by atoms with Gasteiger partial charge in [-0.25, -0.2) is 0 Å². The number of carbonyl (C=O) groups excluding carboxylic acids is 1. The van der Waals surface area contributed by atoms with Crippen molar-refractivity contribution in [3.05, 3.63) is 99.5 Å². The Labute approximate surface area is 179 Å². The van der Waals surface area contributed by atoms with Crippen molar-refractivity contribution in [1.82, 2.24) is 0 Å². The molecule has 0 unspecified atom stereocenters. The summed E-state index contributed by atoms with van der Waals surface area (Å²) in [6.07, 6.45) is 1.52. The van der Waals surface area contributed by atoms with Gasteiger partial charge in [-0.2, -0.15) is 5.26 Å². The van der Waals surface area contributed by atoms with E-state index in [0.717, 1.165) is 0 Å². The average Bonchev–Trinajstić information content (AvgIpc) is 2.73. The summed E-state index contributed by atoms with van der Waals surface area (Å²) in [7, 11) is 0. The standard InChI is InChI=1S/C23H16Cl2N2O2/c24-21-7-4-8-22(25)20(21)15-29-19-11-9-16(10-12-19)13-17(14-26)23(28)27-18-5-2-1-3-6-18/h1-13H,15H2,(H,27,28)/b17-13+. The van der Waals surface area contributed by atoms with Crippen molar-refractivity contribution in [3.8, 4) is 11.8 Å². The molecule has 0 saturated carbocycles. The predicted octanol–water partition coefficient (Wildman–Crippen LogP) is 6.12. The molecule has 4 nitrogen and oxygen atoms in total. The molecule has 3 aromatic carbocycles. The van der Waals surface area contributed by atoms with Crippen LogP contribution in [0.15, 0.2) is 78.4 Å². The van der Waals surface area contributed by atoms with E-state index in [2.05, 4.69) is 5.32 Å². The summed E-state index contributed by atoms with van der Waals surface area (Å²) in [5.41, 5.74) is 2.04. The third kappa shape index (κ3) is 5.61. The molecule has 0 spiro atoms. The molecule has 0 aliphatic heterocycles. The Morgan fingerprint density at radius 3 is 2.24 bits per heavy atom. The SMILES string of the molecule is N#C/C(=C\c1ccc(OCc2c(Cl)cccc2Cl)cc1)C(=O)Nc1ccccc1. The number of nitrogens with zero attached hydrogens (tertiary/aromatic N) is 1. The lowest BCUT2D eigenvalue weighted by atomic mass is 10.1. The highest BCUT2D eigenvalue weighted by atomic mass is 35.5. The third-order valence-electron chi connectivity index (χ3n) is 4.03. The highest BCUT2D eigenvalue weighted by molar-refractivity contribution is 6.35. The van der Waals surface area contributed by atoms with Gasteiger partial charge in [0.05, 0.1) is 0 Å². The molecule has 1 amide bonds. The second-order valence-electron chi connectivity index (χ2n) is 6.05. The Morgan fingerprint density at radius 2 is 1.62 bits per heavy atom. The van der Waals surface area contributed by atoms with Gasteiger partial charge < -0.3 is 10.1 Å². The Bertz CT molecular complexity index is 1050. The molecule has 0 aliphatic rings. The number of benzene rings is 3. The summed E-state index contributed by atoms with van der Waals surface area (Å²) in [6.45, 7) is 0.233. The van der Waals surface area contributed by atoms with E-state index >= 15 is 0 Å². The maximum atomic E-state index is 12.3. The van der Waals surface area contributed by atoms with E-state index in [1.54, 1.807) is 66.7 Å². The number of halogens is 2. The molecule has 1 N–H and O–H groups in total. The lowest BCUT2D eigenvalue weighted by molar-refractivity contribution is -0.112. The number of para-hydroxylation sites is 1. The van der Waals surface area contributed by atoms with Gasteiger partial charge in [0.2, 0.25) is 0 Å². The summed E-state index contributed by atoms with van der Waals surface area (Å²) >= 11 is 12.3. The molecule has 0 fully saturated rings. The maximum Gasteiger partial charge on any atom is 0.266 e. The van der Waals surface area contributed by atoms with Gasteiger partial charge in [-0.3, -0.25) is 4.79 Å². The summed E-state index contributed by atoms with van der Waals surface area (Å²) in [5.74, 6) is 0.151. The van der Waals surface area contributed by atoms with Crippen molar-refractivity contribution in [1.29, 1.82) is 5.26 Å². The molecule has 3 aromatic rings. The van der Waals surface area contributed by atoms with Crippen LogP contribution in [0.1, 0.15) is 11.1 Å². The van der Waals surface area contributed by atoms with Crippen LogP contribution in [0.4, 0.5) is 5.69 Å². The molecular formula is C23H16Cl2N2O2. The quantitative estimate of drug-likeness (QED) is 0.384. The van der Waals surface area contributed by atoms with Crippen LogP contribution in [0, 0.1) is 11.3 Å². The van der Waals surface area contributed by atoms with Crippen LogP contribution >= 0.6 is 23.2 Å². The number of ether oxygens (including phenoxy) is 1. The summed E-state index contributed by atoms with van der Waals surface area (Å²) in [6, 6.07) is 23.2. The Kier molecular flexibility index (Phi) is 6.91. The average molecular weight is 423 g/mol. The highest BCUT2D eigenvalue weighted by Gasteiger charge is 2.10. The van der Waals surface area contributed by atoms with Crippen LogP contribution in [0.3, 0.4) is 0 Å². The van der Waals surface area contributed by atoms with E-state index in [1.807, 2.05) is 12.1 Å². The van der Waals surface area contributed by atoms with E-state index in [9.17, 15) is 10.1 Å². The van der Waals surface area contributed by atoms with Gasteiger partial charge in [0.25, 0.3) is 5.91 Å². The normalized spacial score (nSPS) is 10.9. The smallest absolute Gasteiger partial charge is 0.266 e. The summed E-state index contributed by atoms with van der Waals surface area (Å²) in [5, 5.41) is 13.1. The van der Waals surface area contributed by atoms with Crippen molar-refractivity contribution in [2.75, 3.05) is 5.32 Å². The molecule has 6 heteroatoms. The molecule has 0 bridgehead atoms. The molecule has 29 heavy (non-hydrogen) atoms. The molecule has 0 atom stereocenters. The first kappa shape index (κ1) is 20.5. The van der Waals surface area contributed by atoms with Gasteiger partial charge >= 0.3 is 0 Å². The fourth-order valence-electron chi connectivity index (χ4n) is 2.52. The van der Waals surface area contributed by atoms with Crippen molar-refractivity contribution in [2.45, 2.75) is 6.61 Å². The minimum absolute atomic E-state index is 0.00497. The Hall–Kier alpha value is -3.26. The van der Waals surface area contributed by atoms with E-state index in [-0.39, 0.29) is 12.2 Å². The molecule has 0 radical (unpaired) electrons. The number of nitrogens with one attached hydrogen (secondary N) is 1. The largest absolute Gasteiger partial charge is 0.489 e. The zero-order valence-corrected chi connectivity index (χ0v) is 16.7. The van der Waals surface area contributed by atoms with Gasteiger partial charge in [-0.05, 0) is 48.0 Å². The van der Waals surface area contributed by atoms with E-state index in [4.69, 9.17) is 27.9 Å². The van der Waals surface area contributed by atoms with Gasteiger partial charge in [-0.15, -0.1) is 0 Å². The third-order valence-corrected chi connectivity index (χ3v) is 4.74. The van der Waals surface area contributed by atoms with E-state index in [1.165, 1.54) is 6.08 Å². The molecule has 0 aliphatic carbocycles. The number of nitriles is 1. The summed E-state index contributed by atoms with van der Waals surface area (Å²) in [4.78, 5) is 12.3. The number of rotatable bonds is 6. The Morgan fingerprint density at radius 1 is 0.966 bits per heavy atom. The van der Waals surface area contributed by atoms with Crippen LogP contribution in [0.25, 0.3) is 6.08 Å². The number of amides is 1. The van der Waals surface area contributed by atoms with Crippen molar-refractivity contribution >= 4 is 40.9 Å². The van der Waals surface area contributed by atoms with Crippen molar-refractivity contribution in [2.24, 2.45) is 0 Å². The second kappa shape index (κ2) is 9.79. The molecule has 144 valence electrons. The van der Waals surface area contributed by atoms with Crippen LogP contribution in [-0.4, -0.2) is 5.91 Å². The first-order valence-corrected chi connectivity index (χ1v) is 9.46. The van der Waals surface area contributed by atoms with Crippen molar-refractivity contribution < 1.29 is 9.53 Å². The monoisotopic (exact) mass is 422 g/mol. The molecular weight excluding hydrogens is 407 g/mol. The van der Waals surface area contributed by atoms with Crippen LogP contribution in [0.2, 0.25) is 10.0 Å². The van der Waals surface area contributed by atoms with Gasteiger partial charge in [0.1, 0.15) is 24.0 Å². The van der Waals surface area contributed by atoms with E-state index < -0.39 is 5.91 Å². The number of hydrogen-bond acceptors (Lipinski definition) is 3. The first-order valence-electron chi connectivity index (χ1n) is 8.71. The number of hydrogen-bond donors (Lipinski definition) is 1. The fraction of sp³-hybridized carbons (Fsp3) is 0.0435. The fourth-order valence-corrected chi connectivity index (χ4v) is 3.03. The second-order valence-corrected chi connectivity index (χ2v) is 6.86. The highest BCUT2D eigenvalue weighted by Crippen LogP contribution is 2.26.